The zero-order valence-electron chi connectivity index (χ0n) is 11.9. The van der Waals surface area contributed by atoms with Crippen molar-refractivity contribution in [2.24, 2.45) is 0 Å². The Balaban J connectivity index is 2.47. The van der Waals surface area contributed by atoms with Crippen LogP contribution in [0, 0.1) is 0 Å². The third-order valence-electron chi connectivity index (χ3n) is 2.83. The van der Waals surface area contributed by atoms with Crippen LogP contribution >= 0.6 is 23.2 Å². The first kappa shape index (κ1) is 18.2. The molecule has 0 saturated carbocycles. The number of nitrogens with one attached hydrogen (secondary N) is 1. The molecule has 0 radical (unpaired) electrons. The Morgan fingerprint density at radius 2 is 2.00 bits per heavy atom. The van der Waals surface area contributed by atoms with Crippen LogP contribution in [-0.4, -0.2) is 55.4 Å². The topological polar surface area (TPSA) is 61.8 Å². The largest absolute Gasteiger partial charge is 0.394 e. The number of likely N-dealkylation sites (N-methyl/N-ethyl adjacent to an activating group) is 1. The van der Waals surface area contributed by atoms with Crippen molar-refractivity contribution in [1.29, 1.82) is 0 Å². The van der Waals surface area contributed by atoms with E-state index in [2.05, 4.69) is 5.32 Å². The maximum absolute atomic E-state index is 12.0. The molecular formula is C14H20Cl2N2O3. The van der Waals surface area contributed by atoms with Gasteiger partial charge < -0.3 is 15.2 Å². The van der Waals surface area contributed by atoms with Crippen molar-refractivity contribution in [3.63, 3.8) is 0 Å². The molecule has 0 spiro atoms. The summed E-state index contributed by atoms with van der Waals surface area (Å²) in [5, 5.41) is 12.2. The second-order valence-electron chi connectivity index (χ2n) is 4.35. The maximum atomic E-state index is 12.0. The van der Waals surface area contributed by atoms with E-state index in [0.717, 1.165) is 0 Å². The SMILES string of the molecule is CCN(CCOCCO)CC(=O)Nc1c(Cl)cccc1Cl. The number of carbonyl (C=O) groups excluding carboxylic acids is 1. The fourth-order valence-electron chi connectivity index (χ4n) is 1.71. The van der Waals surface area contributed by atoms with E-state index in [0.29, 0.717) is 42.0 Å². The highest BCUT2D eigenvalue weighted by Gasteiger charge is 2.12. The van der Waals surface area contributed by atoms with Crippen molar-refractivity contribution in [2.45, 2.75) is 6.92 Å². The molecule has 0 aromatic heterocycles. The zero-order chi connectivity index (χ0) is 15.7. The lowest BCUT2D eigenvalue weighted by Crippen LogP contribution is -2.35. The van der Waals surface area contributed by atoms with Crippen LogP contribution in [0.3, 0.4) is 0 Å². The number of para-hydroxylation sites is 1. The second-order valence-corrected chi connectivity index (χ2v) is 5.16. The van der Waals surface area contributed by atoms with Gasteiger partial charge in [-0.3, -0.25) is 9.69 Å². The molecule has 0 heterocycles. The molecule has 0 aliphatic rings. The first-order valence-corrected chi connectivity index (χ1v) is 7.48. The normalized spacial score (nSPS) is 10.9. The Labute approximate surface area is 134 Å². The predicted molar refractivity (Wildman–Crippen MR) is 85.1 cm³/mol. The second kappa shape index (κ2) is 9.97. The highest BCUT2D eigenvalue weighted by Crippen LogP contribution is 2.29. The van der Waals surface area contributed by atoms with Gasteiger partial charge in [0.1, 0.15) is 0 Å². The van der Waals surface area contributed by atoms with Crippen LogP contribution in [0.15, 0.2) is 18.2 Å². The summed E-state index contributed by atoms with van der Waals surface area (Å²) in [6.07, 6.45) is 0. The molecule has 1 aromatic carbocycles. The van der Waals surface area contributed by atoms with Gasteiger partial charge in [0.2, 0.25) is 5.91 Å². The first-order chi connectivity index (χ1) is 10.1. The Hall–Kier alpha value is -0.850. The lowest BCUT2D eigenvalue weighted by atomic mass is 10.3. The van der Waals surface area contributed by atoms with E-state index in [9.17, 15) is 4.79 Å². The standard InChI is InChI=1S/C14H20Cl2N2O3/c1-2-18(6-8-21-9-7-19)10-13(20)17-14-11(15)4-3-5-12(14)16/h3-5,19H,2,6-10H2,1H3,(H,17,20). The minimum absolute atomic E-state index is 0.00236. The molecule has 0 atom stereocenters. The average Bonchev–Trinajstić information content (AvgIpc) is 2.46. The number of hydrogen-bond acceptors (Lipinski definition) is 4. The van der Waals surface area contributed by atoms with Gasteiger partial charge in [0.15, 0.2) is 0 Å². The van der Waals surface area contributed by atoms with Gasteiger partial charge in [0, 0.05) is 6.54 Å². The van der Waals surface area contributed by atoms with E-state index in [1.165, 1.54) is 0 Å². The lowest BCUT2D eigenvalue weighted by Gasteiger charge is -2.20. The number of benzene rings is 1. The number of carbonyl (C=O) groups is 1. The summed E-state index contributed by atoms with van der Waals surface area (Å²) in [7, 11) is 0. The fourth-order valence-corrected chi connectivity index (χ4v) is 2.20. The maximum Gasteiger partial charge on any atom is 0.238 e. The number of rotatable bonds is 9. The molecule has 5 nitrogen and oxygen atoms in total. The number of aliphatic hydroxyl groups is 1. The number of halogens is 2. The molecule has 0 bridgehead atoms. The highest BCUT2D eigenvalue weighted by atomic mass is 35.5. The molecule has 118 valence electrons. The highest BCUT2D eigenvalue weighted by molar-refractivity contribution is 6.39. The summed E-state index contributed by atoms with van der Waals surface area (Å²) in [5.74, 6) is -0.186. The van der Waals surface area contributed by atoms with Gasteiger partial charge in [0.25, 0.3) is 0 Å². The molecule has 0 unspecified atom stereocenters. The van der Waals surface area contributed by atoms with Crippen LogP contribution in [-0.2, 0) is 9.53 Å². The number of aliphatic hydroxyl groups excluding tert-OH is 1. The van der Waals surface area contributed by atoms with Gasteiger partial charge in [-0.25, -0.2) is 0 Å². The van der Waals surface area contributed by atoms with Crippen LogP contribution in [0.5, 0.6) is 0 Å². The van der Waals surface area contributed by atoms with E-state index in [1.807, 2.05) is 11.8 Å². The van der Waals surface area contributed by atoms with E-state index < -0.39 is 0 Å². The molecule has 0 aliphatic heterocycles. The van der Waals surface area contributed by atoms with Crippen LogP contribution < -0.4 is 5.32 Å². The van der Waals surface area contributed by atoms with Crippen molar-refractivity contribution in [3.05, 3.63) is 28.2 Å². The lowest BCUT2D eigenvalue weighted by molar-refractivity contribution is -0.117. The van der Waals surface area contributed by atoms with Crippen molar-refractivity contribution in [3.8, 4) is 0 Å². The van der Waals surface area contributed by atoms with Crippen LogP contribution in [0.2, 0.25) is 10.0 Å². The van der Waals surface area contributed by atoms with E-state index in [-0.39, 0.29) is 19.1 Å². The quantitative estimate of drug-likeness (QED) is 0.680. The van der Waals surface area contributed by atoms with Gasteiger partial charge >= 0.3 is 0 Å². The molecular weight excluding hydrogens is 315 g/mol. The third kappa shape index (κ3) is 6.63. The molecule has 0 fully saturated rings. The molecule has 1 rings (SSSR count). The smallest absolute Gasteiger partial charge is 0.238 e. The number of hydrogen-bond donors (Lipinski definition) is 2. The van der Waals surface area contributed by atoms with Gasteiger partial charge in [-0.2, -0.15) is 0 Å². The summed E-state index contributed by atoms with van der Waals surface area (Å²) in [6.45, 7) is 4.28. The molecule has 2 N–H and O–H groups in total. The van der Waals surface area contributed by atoms with Crippen molar-refractivity contribution < 1.29 is 14.6 Å². The molecule has 0 saturated heterocycles. The summed E-state index contributed by atoms with van der Waals surface area (Å²) >= 11 is 12.0. The van der Waals surface area contributed by atoms with Crippen molar-refractivity contribution in [2.75, 3.05) is 44.8 Å². The Morgan fingerprint density at radius 1 is 1.33 bits per heavy atom. The number of nitrogens with zero attached hydrogens (tertiary/aromatic N) is 1. The molecule has 1 amide bonds. The van der Waals surface area contributed by atoms with Crippen LogP contribution in [0.25, 0.3) is 0 Å². The summed E-state index contributed by atoms with van der Waals surface area (Å²) < 4.78 is 5.19. The predicted octanol–water partition coefficient (Wildman–Crippen LogP) is 2.26. The number of anilines is 1. The molecule has 1 aromatic rings. The van der Waals surface area contributed by atoms with Gasteiger partial charge in [0.05, 0.1) is 42.1 Å². The summed E-state index contributed by atoms with van der Waals surface area (Å²) in [5.41, 5.74) is 0.429. The molecule has 7 heteroatoms. The van der Waals surface area contributed by atoms with Crippen molar-refractivity contribution in [1.82, 2.24) is 4.90 Å². The van der Waals surface area contributed by atoms with E-state index in [4.69, 9.17) is 33.0 Å². The molecule has 0 aliphatic carbocycles. The Kier molecular flexibility index (Phi) is 8.64. The average molecular weight is 335 g/mol. The summed E-state index contributed by atoms with van der Waals surface area (Å²) in [6, 6.07) is 5.06. The Bertz CT molecular complexity index is 438. The summed E-state index contributed by atoms with van der Waals surface area (Å²) in [4.78, 5) is 14.0. The van der Waals surface area contributed by atoms with Crippen molar-refractivity contribution >= 4 is 34.8 Å². The minimum atomic E-state index is -0.186. The third-order valence-corrected chi connectivity index (χ3v) is 3.46. The van der Waals surface area contributed by atoms with Gasteiger partial charge in [-0.1, -0.05) is 36.2 Å². The molecule has 21 heavy (non-hydrogen) atoms. The first-order valence-electron chi connectivity index (χ1n) is 6.73. The van der Waals surface area contributed by atoms with E-state index >= 15 is 0 Å². The number of ether oxygens (including phenoxy) is 1. The number of amides is 1. The zero-order valence-corrected chi connectivity index (χ0v) is 13.5. The van der Waals surface area contributed by atoms with Gasteiger partial charge in [-0.05, 0) is 18.7 Å². The van der Waals surface area contributed by atoms with E-state index in [1.54, 1.807) is 18.2 Å². The fraction of sp³-hybridized carbons (Fsp3) is 0.500. The monoisotopic (exact) mass is 334 g/mol. The Morgan fingerprint density at radius 3 is 2.57 bits per heavy atom. The van der Waals surface area contributed by atoms with Crippen LogP contribution in [0.1, 0.15) is 6.92 Å². The van der Waals surface area contributed by atoms with Crippen LogP contribution in [0.4, 0.5) is 5.69 Å². The minimum Gasteiger partial charge on any atom is -0.394 e. The van der Waals surface area contributed by atoms with Gasteiger partial charge in [-0.15, -0.1) is 0 Å².